The summed E-state index contributed by atoms with van der Waals surface area (Å²) in [7, 11) is 0. The topological polar surface area (TPSA) is 12.5 Å². The van der Waals surface area contributed by atoms with E-state index in [2.05, 4.69) is 46.4 Å². The molecule has 0 aliphatic carbocycles. The van der Waals surface area contributed by atoms with Crippen LogP contribution in [0.15, 0.2) is 0 Å². The van der Waals surface area contributed by atoms with Gasteiger partial charge in [0, 0.05) is 25.2 Å². The van der Waals surface area contributed by atoms with Crippen LogP contribution in [-0.2, 0) is 4.74 Å². The van der Waals surface area contributed by atoms with Crippen molar-refractivity contribution in [3.63, 3.8) is 0 Å². The number of likely N-dealkylation sites (tertiary alicyclic amines) is 1. The molecule has 0 radical (unpaired) electrons. The summed E-state index contributed by atoms with van der Waals surface area (Å²) in [4.78, 5) is 2.47. The van der Waals surface area contributed by atoms with E-state index in [0.29, 0.717) is 17.1 Å². The van der Waals surface area contributed by atoms with Gasteiger partial charge in [-0.3, -0.25) is 4.90 Å². The van der Waals surface area contributed by atoms with Crippen LogP contribution in [0.3, 0.4) is 0 Å². The summed E-state index contributed by atoms with van der Waals surface area (Å²) in [6, 6.07) is 0. The van der Waals surface area contributed by atoms with Crippen molar-refractivity contribution >= 4 is 0 Å². The maximum atomic E-state index is 5.86. The first kappa shape index (κ1) is 14.0. The highest BCUT2D eigenvalue weighted by molar-refractivity contribution is 4.89. The van der Waals surface area contributed by atoms with Gasteiger partial charge in [0.2, 0.25) is 0 Å². The van der Waals surface area contributed by atoms with Crippen LogP contribution in [0.25, 0.3) is 0 Å². The summed E-state index contributed by atoms with van der Waals surface area (Å²) < 4.78 is 5.86. The third-order valence-electron chi connectivity index (χ3n) is 3.22. The van der Waals surface area contributed by atoms with Crippen molar-refractivity contribution in [2.75, 3.05) is 19.7 Å². The first-order valence-electron chi connectivity index (χ1n) is 6.55. The van der Waals surface area contributed by atoms with Crippen molar-refractivity contribution in [1.29, 1.82) is 0 Å². The molecular formula is C14H29NO. The Morgan fingerprint density at radius 1 is 1.06 bits per heavy atom. The number of hydrogen-bond donors (Lipinski definition) is 0. The third kappa shape index (κ3) is 4.84. The van der Waals surface area contributed by atoms with E-state index in [1.165, 1.54) is 12.8 Å². The zero-order chi connectivity index (χ0) is 12.4. The van der Waals surface area contributed by atoms with Gasteiger partial charge in [0.1, 0.15) is 0 Å². The Labute approximate surface area is 101 Å². The van der Waals surface area contributed by atoms with Gasteiger partial charge in [0.05, 0.1) is 6.10 Å². The average Bonchev–Trinajstić information content (AvgIpc) is 1.95. The molecule has 1 aliphatic heterocycles. The minimum Gasteiger partial charge on any atom is -0.376 e. The van der Waals surface area contributed by atoms with Crippen LogP contribution in [0.5, 0.6) is 0 Å². The molecular weight excluding hydrogens is 198 g/mol. The number of ether oxygens (including phenoxy) is 1. The Morgan fingerprint density at radius 2 is 1.62 bits per heavy atom. The second kappa shape index (κ2) is 5.05. The van der Waals surface area contributed by atoms with E-state index in [9.17, 15) is 0 Å². The average molecular weight is 227 g/mol. The summed E-state index contributed by atoms with van der Waals surface area (Å²) in [5, 5.41) is 0. The fourth-order valence-corrected chi connectivity index (χ4v) is 1.94. The monoisotopic (exact) mass is 227 g/mol. The lowest BCUT2D eigenvalue weighted by Gasteiger charge is -2.47. The number of hydrogen-bond acceptors (Lipinski definition) is 2. The first-order valence-corrected chi connectivity index (χ1v) is 6.55. The predicted molar refractivity (Wildman–Crippen MR) is 69.8 cm³/mol. The highest BCUT2D eigenvalue weighted by atomic mass is 16.5. The summed E-state index contributed by atoms with van der Waals surface area (Å²) >= 11 is 0. The van der Waals surface area contributed by atoms with E-state index in [0.717, 1.165) is 19.7 Å². The zero-order valence-electron chi connectivity index (χ0n) is 12.0. The van der Waals surface area contributed by atoms with Gasteiger partial charge >= 0.3 is 0 Å². The molecule has 0 aromatic heterocycles. The highest BCUT2D eigenvalue weighted by Crippen LogP contribution is 2.24. The van der Waals surface area contributed by atoms with Gasteiger partial charge in [0.15, 0.2) is 0 Å². The van der Waals surface area contributed by atoms with Crippen molar-refractivity contribution in [1.82, 2.24) is 4.90 Å². The fourth-order valence-electron chi connectivity index (χ4n) is 1.94. The third-order valence-corrected chi connectivity index (χ3v) is 3.22. The maximum Gasteiger partial charge on any atom is 0.0829 e. The van der Waals surface area contributed by atoms with Crippen molar-refractivity contribution in [2.45, 2.75) is 66.0 Å². The Kier molecular flexibility index (Phi) is 4.42. The van der Waals surface area contributed by atoms with E-state index < -0.39 is 0 Å². The van der Waals surface area contributed by atoms with Gasteiger partial charge in [-0.1, -0.05) is 20.8 Å². The van der Waals surface area contributed by atoms with E-state index >= 15 is 0 Å². The quantitative estimate of drug-likeness (QED) is 0.683. The van der Waals surface area contributed by atoms with Crippen LogP contribution in [0, 0.1) is 5.41 Å². The number of nitrogens with zero attached hydrogens (tertiary/aromatic N) is 1. The molecule has 1 heterocycles. The van der Waals surface area contributed by atoms with E-state index in [4.69, 9.17) is 4.74 Å². The molecule has 0 saturated carbocycles. The fraction of sp³-hybridized carbons (Fsp3) is 1.00. The Morgan fingerprint density at radius 3 is 2.06 bits per heavy atom. The van der Waals surface area contributed by atoms with Gasteiger partial charge in [-0.05, 0) is 39.0 Å². The Bertz CT molecular complexity index is 206. The molecule has 0 amide bonds. The number of rotatable bonds is 4. The summed E-state index contributed by atoms with van der Waals surface area (Å²) in [5.74, 6) is 0. The summed E-state index contributed by atoms with van der Waals surface area (Å²) in [5.41, 5.74) is 0.756. The molecule has 0 aromatic carbocycles. The van der Waals surface area contributed by atoms with Crippen LogP contribution in [0.4, 0.5) is 0 Å². The molecule has 1 rings (SSSR count). The highest BCUT2D eigenvalue weighted by Gasteiger charge is 2.34. The van der Waals surface area contributed by atoms with Gasteiger partial charge in [-0.2, -0.15) is 0 Å². The zero-order valence-corrected chi connectivity index (χ0v) is 12.0. The second-order valence-corrected chi connectivity index (χ2v) is 7.23. The van der Waals surface area contributed by atoms with Crippen LogP contribution in [-0.4, -0.2) is 36.2 Å². The molecule has 1 fully saturated rings. The van der Waals surface area contributed by atoms with Crippen molar-refractivity contribution in [3.8, 4) is 0 Å². The summed E-state index contributed by atoms with van der Waals surface area (Å²) in [6.45, 7) is 16.8. The van der Waals surface area contributed by atoms with Crippen molar-refractivity contribution in [2.24, 2.45) is 5.41 Å². The second-order valence-electron chi connectivity index (χ2n) is 7.23. The molecule has 0 N–H and O–H groups in total. The largest absolute Gasteiger partial charge is 0.376 e. The molecule has 0 bridgehead atoms. The van der Waals surface area contributed by atoms with Crippen molar-refractivity contribution < 1.29 is 4.74 Å². The molecule has 0 unspecified atom stereocenters. The Hall–Kier alpha value is -0.0800. The maximum absolute atomic E-state index is 5.86. The van der Waals surface area contributed by atoms with Gasteiger partial charge in [0.25, 0.3) is 0 Å². The standard InChI is InChI=1S/C14H29NO/c1-13(2,3)8-7-9-16-12-10-15(11-12)14(4,5)6/h12H,7-11H2,1-6H3. The lowest BCUT2D eigenvalue weighted by atomic mass is 9.91. The molecule has 16 heavy (non-hydrogen) atoms. The van der Waals surface area contributed by atoms with E-state index in [-0.39, 0.29) is 0 Å². The SMILES string of the molecule is CC(C)(C)CCCOC1CN(C(C)(C)C)C1. The van der Waals surface area contributed by atoms with Crippen molar-refractivity contribution in [3.05, 3.63) is 0 Å². The van der Waals surface area contributed by atoms with Crippen LogP contribution in [0.1, 0.15) is 54.4 Å². The van der Waals surface area contributed by atoms with Crippen LogP contribution in [0.2, 0.25) is 0 Å². The van der Waals surface area contributed by atoms with Crippen LogP contribution >= 0.6 is 0 Å². The molecule has 1 saturated heterocycles. The molecule has 0 atom stereocenters. The molecule has 2 nitrogen and oxygen atoms in total. The van der Waals surface area contributed by atoms with Crippen LogP contribution < -0.4 is 0 Å². The lowest BCUT2D eigenvalue weighted by molar-refractivity contribution is -0.0900. The predicted octanol–water partition coefficient (Wildman–Crippen LogP) is 3.31. The van der Waals surface area contributed by atoms with E-state index in [1.54, 1.807) is 0 Å². The normalized spacial score (nSPS) is 19.9. The molecule has 96 valence electrons. The molecule has 2 heteroatoms. The van der Waals surface area contributed by atoms with E-state index in [1.807, 2.05) is 0 Å². The lowest BCUT2D eigenvalue weighted by Crippen LogP contribution is -2.59. The van der Waals surface area contributed by atoms with Gasteiger partial charge < -0.3 is 4.74 Å². The smallest absolute Gasteiger partial charge is 0.0829 e. The van der Waals surface area contributed by atoms with Gasteiger partial charge in [-0.25, -0.2) is 0 Å². The molecule has 0 aromatic rings. The minimum absolute atomic E-state index is 0.311. The van der Waals surface area contributed by atoms with Gasteiger partial charge in [-0.15, -0.1) is 0 Å². The first-order chi connectivity index (χ1) is 7.18. The Balaban J connectivity index is 2.02. The molecule has 0 spiro atoms. The molecule has 1 aliphatic rings. The minimum atomic E-state index is 0.311. The summed E-state index contributed by atoms with van der Waals surface area (Å²) in [6.07, 6.45) is 2.93.